The number of rotatable bonds is 10. The van der Waals surface area contributed by atoms with E-state index in [2.05, 4.69) is 24.8 Å². The molecule has 2 heterocycles. The number of likely N-dealkylation sites (tertiary alicyclic amines) is 1. The van der Waals surface area contributed by atoms with Gasteiger partial charge in [-0.05, 0) is 68.9 Å². The topological polar surface area (TPSA) is 83.2 Å². The second-order valence-electron chi connectivity index (χ2n) is 9.27. The van der Waals surface area contributed by atoms with E-state index in [1.807, 2.05) is 25.1 Å². The third-order valence-electron chi connectivity index (χ3n) is 6.74. The Hall–Kier alpha value is -3.84. The van der Waals surface area contributed by atoms with Crippen molar-refractivity contribution >= 4 is 17.4 Å². The number of benzene rings is 2. The first-order chi connectivity index (χ1) is 17.8. The fraction of sp³-hybridized carbons (Fsp3) is 0.333. The van der Waals surface area contributed by atoms with Crippen LogP contribution in [0.1, 0.15) is 48.1 Å². The Morgan fingerprint density at radius 2 is 1.76 bits per heavy atom. The molecule has 7 nitrogen and oxygen atoms in total. The summed E-state index contributed by atoms with van der Waals surface area (Å²) in [5, 5.41) is 11.3. The Morgan fingerprint density at radius 3 is 2.38 bits per heavy atom. The third-order valence-corrected chi connectivity index (χ3v) is 6.74. The molecule has 1 N–H and O–H groups in total. The van der Waals surface area contributed by atoms with Crippen molar-refractivity contribution in [3.8, 4) is 5.75 Å². The first kappa shape index (κ1) is 26.2. The van der Waals surface area contributed by atoms with Crippen molar-refractivity contribution in [2.45, 2.75) is 40.3 Å². The summed E-state index contributed by atoms with van der Waals surface area (Å²) >= 11 is 0. The quantitative estimate of drug-likeness (QED) is 0.232. The molecule has 4 rings (SSSR count). The number of ketones is 1. The summed E-state index contributed by atoms with van der Waals surface area (Å²) in [6.45, 7) is 11.0. The minimum atomic E-state index is -0.790. The predicted octanol–water partition coefficient (Wildman–Crippen LogP) is 5.24. The molecule has 1 saturated heterocycles. The van der Waals surface area contributed by atoms with Gasteiger partial charge in [0.2, 0.25) is 0 Å². The fourth-order valence-corrected chi connectivity index (χ4v) is 4.63. The van der Waals surface area contributed by atoms with E-state index < -0.39 is 17.7 Å². The number of ether oxygens (including phenoxy) is 1. The van der Waals surface area contributed by atoms with Crippen LogP contribution in [0.25, 0.3) is 5.76 Å². The van der Waals surface area contributed by atoms with E-state index in [1.54, 1.807) is 43.3 Å². The Balaban J connectivity index is 1.61. The van der Waals surface area contributed by atoms with Crippen molar-refractivity contribution in [2.24, 2.45) is 0 Å². The van der Waals surface area contributed by atoms with Crippen molar-refractivity contribution < 1.29 is 23.8 Å². The summed E-state index contributed by atoms with van der Waals surface area (Å²) in [6, 6.07) is 17.7. The summed E-state index contributed by atoms with van der Waals surface area (Å²) in [5.41, 5.74) is 2.69. The van der Waals surface area contributed by atoms with Gasteiger partial charge in [0, 0.05) is 18.7 Å². The first-order valence-electron chi connectivity index (χ1n) is 12.7. The Kier molecular flexibility index (Phi) is 8.14. The number of aliphatic hydroxyl groups is 1. The molecular formula is C30H34N2O5. The second kappa shape index (κ2) is 11.5. The van der Waals surface area contributed by atoms with Gasteiger partial charge >= 0.3 is 0 Å². The molecule has 0 radical (unpaired) electrons. The van der Waals surface area contributed by atoms with E-state index in [9.17, 15) is 14.7 Å². The molecule has 1 aliphatic rings. The van der Waals surface area contributed by atoms with E-state index in [0.717, 1.165) is 24.2 Å². The maximum absolute atomic E-state index is 13.2. The Bertz CT molecular complexity index is 1290. The van der Waals surface area contributed by atoms with Gasteiger partial charge in [0.05, 0.1) is 5.57 Å². The minimum Gasteiger partial charge on any atom is -0.507 e. The average molecular weight is 503 g/mol. The molecule has 1 aliphatic heterocycles. The number of likely N-dealkylation sites (N-methyl/N-ethyl adjacent to an activating group) is 1. The molecule has 1 amide bonds. The number of aryl methyl sites for hydroxylation is 2. The van der Waals surface area contributed by atoms with E-state index >= 15 is 0 Å². The van der Waals surface area contributed by atoms with Crippen LogP contribution in [0.15, 0.2) is 70.7 Å². The average Bonchev–Trinajstić information content (AvgIpc) is 3.44. The highest BCUT2D eigenvalue weighted by Gasteiger charge is 2.47. The highest BCUT2D eigenvalue weighted by Crippen LogP contribution is 2.40. The van der Waals surface area contributed by atoms with Crippen molar-refractivity contribution in [2.75, 3.05) is 26.2 Å². The molecule has 37 heavy (non-hydrogen) atoms. The number of nitrogens with zero attached hydrogens (tertiary/aromatic N) is 2. The molecule has 1 unspecified atom stereocenters. The summed E-state index contributed by atoms with van der Waals surface area (Å²) < 4.78 is 11.7. The van der Waals surface area contributed by atoms with Crippen molar-refractivity contribution in [3.05, 3.63) is 94.4 Å². The zero-order valence-electron chi connectivity index (χ0n) is 21.9. The number of aliphatic hydroxyl groups excluding tert-OH is 1. The highest BCUT2D eigenvalue weighted by atomic mass is 16.5. The molecule has 0 aliphatic carbocycles. The second-order valence-corrected chi connectivity index (χ2v) is 9.27. The molecule has 0 bridgehead atoms. The summed E-state index contributed by atoms with van der Waals surface area (Å²) in [5.74, 6) is 0.181. The number of amides is 1. The molecule has 194 valence electrons. The fourth-order valence-electron chi connectivity index (χ4n) is 4.63. The minimum absolute atomic E-state index is 0.0346. The largest absolute Gasteiger partial charge is 0.507 e. The Morgan fingerprint density at radius 1 is 1.03 bits per heavy atom. The van der Waals surface area contributed by atoms with Crippen LogP contribution in [0.2, 0.25) is 0 Å². The number of carbonyl (C=O) groups is 2. The van der Waals surface area contributed by atoms with Gasteiger partial charge in [-0.3, -0.25) is 9.59 Å². The molecule has 2 aromatic carbocycles. The number of hydrogen-bond donors (Lipinski definition) is 1. The van der Waals surface area contributed by atoms with Gasteiger partial charge in [-0.25, -0.2) is 0 Å². The molecule has 1 aromatic heterocycles. The number of hydrogen-bond acceptors (Lipinski definition) is 6. The van der Waals surface area contributed by atoms with Gasteiger partial charge in [-0.2, -0.15) is 0 Å². The molecule has 1 atom stereocenters. The van der Waals surface area contributed by atoms with E-state index in [0.29, 0.717) is 42.5 Å². The van der Waals surface area contributed by atoms with E-state index in [4.69, 9.17) is 9.15 Å². The van der Waals surface area contributed by atoms with Gasteiger partial charge in [0.1, 0.15) is 35.7 Å². The highest BCUT2D eigenvalue weighted by molar-refractivity contribution is 6.46. The normalized spacial score (nSPS) is 17.1. The third kappa shape index (κ3) is 5.78. The van der Waals surface area contributed by atoms with Crippen molar-refractivity contribution in [1.29, 1.82) is 0 Å². The van der Waals surface area contributed by atoms with Gasteiger partial charge in [0.15, 0.2) is 0 Å². The van der Waals surface area contributed by atoms with E-state index in [1.165, 1.54) is 4.90 Å². The van der Waals surface area contributed by atoms with Gasteiger partial charge in [-0.1, -0.05) is 43.7 Å². The number of carbonyl (C=O) groups excluding carboxylic acids is 2. The number of Topliss-reactive ketones (excluding diaryl/α,β-unsaturated/α-hetero) is 1. The number of furan rings is 1. The van der Waals surface area contributed by atoms with Crippen LogP contribution in [-0.4, -0.2) is 52.8 Å². The summed E-state index contributed by atoms with van der Waals surface area (Å²) in [6.07, 6.45) is 0. The van der Waals surface area contributed by atoms with Crippen molar-refractivity contribution in [3.63, 3.8) is 0 Å². The zero-order chi connectivity index (χ0) is 26.5. The van der Waals surface area contributed by atoms with Gasteiger partial charge in [0.25, 0.3) is 11.7 Å². The lowest BCUT2D eigenvalue weighted by Gasteiger charge is -2.26. The SMILES string of the molecule is CCN(CC)CCN1C(=O)C(=O)C(=C(O)c2ccc(OCc3cccc(C)c3)cc2)C1c1ccc(C)o1. The van der Waals surface area contributed by atoms with Crippen LogP contribution < -0.4 is 4.74 Å². The smallest absolute Gasteiger partial charge is 0.295 e. The van der Waals surface area contributed by atoms with Crippen molar-refractivity contribution in [1.82, 2.24) is 9.80 Å². The van der Waals surface area contributed by atoms with Crippen LogP contribution in [0.4, 0.5) is 0 Å². The van der Waals surface area contributed by atoms with Crippen LogP contribution in [0.3, 0.4) is 0 Å². The zero-order valence-corrected chi connectivity index (χ0v) is 21.9. The summed E-state index contributed by atoms with van der Waals surface area (Å²) in [7, 11) is 0. The van der Waals surface area contributed by atoms with Crippen LogP contribution in [-0.2, 0) is 16.2 Å². The maximum atomic E-state index is 13.2. The van der Waals surface area contributed by atoms with Gasteiger partial charge in [-0.15, -0.1) is 0 Å². The molecule has 0 saturated carbocycles. The molecule has 3 aromatic rings. The lowest BCUT2D eigenvalue weighted by atomic mass is 9.99. The standard InChI is InChI=1S/C30H34N2O5/c1-5-31(6-2)16-17-32-27(25-15-10-21(4)37-25)26(29(34)30(32)35)28(33)23-11-13-24(14-12-23)36-19-22-9-7-8-20(3)18-22/h7-15,18,27,33H,5-6,16-17,19H2,1-4H3. The monoisotopic (exact) mass is 502 g/mol. The van der Waals surface area contributed by atoms with E-state index in [-0.39, 0.29) is 11.3 Å². The lowest BCUT2D eigenvalue weighted by molar-refractivity contribution is -0.140. The predicted molar refractivity (Wildman–Crippen MR) is 142 cm³/mol. The lowest BCUT2D eigenvalue weighted by Crippen LogP contribution is -2.37. The summed E-state index contributed by atoms with van der Waals surface area (Å²) in [4.78, 5) is 29.9. The molecule has 7 heteroatoms. The molecule has 0 spiro atoms. The van der Waals surface area contributed by atoms with Gasteiger partial charge < -0.3 is 24.1 Å². The van der Waals surface area contributed by atoms with Crippen LogP contribution in [0.5, 0.6) is 5.75 Å². The first-order valence-corrected chi connectivity index (χ1v) is 12.7. The maximum Gasteiger partial charge on any atom is 0.295 e. The van der Waals surface area contributed by atoms with Crippen LogP contribution in [0, 0.1) is 13.8 Å². The Labute approximate surface area is 218 Å². The van der Waals surface area contributed by atoms with Crippen LogP contribution >= 0.6 is 0 Å². The molecular weight excluding hydrogens is 468 g/mol. The molecule has 1 fully saturated rings.